The Bertz CT molecular complexity index is 1460. The third kappa shape index (κ3) is 6.44. The van der Waals surface area contributed by atoms with E-state index in [9.17, 15) is 19.5 Å². The molecule has 2 aromatic carbocycles. The predicted molar refractivity (Wildman–Crippen MR) is 159 cm³/mol. The quantitative estimate of drug-likeness (QED) is 0.286. The predicted octanol–water partition coefficient (Wildman–Crippen LogP) is 5.59. The molecule has 222 valence electrons. The minimum Gasteiger partial charge on any atom is -0.487 e. The number of benzene rings is 2. The number of fused-ring (bicyclic) bond motifs is 1. The van der Waals surface area contributed by atoms with Gasteiger partial charge in [0.1, 0.15) is 30.1 Å². The molecule has 10 heteroatoms. The molecule has 3 atom stereocenters. The highest BCUT2D eigenvalue weighted by molar-refractivity contribution is 9.10. The summed E-state index contributed by atoms with van der Waals surface area (Å²) in [6.07, 6.45) is 4.22. The molecule has 1 aromatic heterocycles. The maximum atomic E-state index is 14.2. The molecular weight excluding hydrogens is 602 g/mol. The van der Waals surface area contributed by atoms with Gasteiger partial charge in [-0.25, -0.2) is 0 Å². The van der Waals surface area contributed by atoms with E-state index >= 15 is 0 Å². The number of carbonyl (C=O) groups excluding carboxylic acids is 2. The number of carbonyl (C=O) groups is 3. The van der Waals surface area contributed by atoms with Gasteiger partial charge in [-0.1, -0.05) is 58.2 Å². The van der Waals surface area contributed by atoms with Crippen LogP contribution in [0.1, 0.15) is 70.2 Å². The van der Waals surface area contributed by atoms with Crippen LogP contribution in [0.2, 0.25) is 0 Å². The zero-order valence-electron chi connectivity index (χ0n) is 23.9. The summed E-state index contributed by atoms with van der Waals surface area (Å²) < 4.78 is 12.5. The van der Waals surface area contributed by atoms with E-state index in [0.29, 0.717) is 61.7 Å². The molecule has 0 saturated heterocycles. The first-order valence-electron chi connectivity index (χ1n) is 14.4. The summed E-state index contributed by atoms with van der Waals surface area (Å²) in [6, 6.07) is 12.8. The zero-order chi connectivity index (χ0) is 29.8. The smallest absolute Gasteiger partial charge is 0.307 e. The highest BCUT2D eigenvalue weighted by Gasteiger charge is 2.42. The molecule has 1 amide bonds. The molecule has 1 aliphatic heterocycles. The largest absolute Gasteiger partial charge is 0.487 e. The molecule has 1 saturated carbocycles. The monoisotopic (exact) mass is 637 g/mol. The Balaban J connectivity index is 1.51. The summed E-state index contributed by atoms with van der Waals surface area (Å²) in [6.45, 7) is 3.48. The topological polar surface area (TPSA) is 113 Å². The van der Waals surface area contributed by atoms with Crippen LogP contribution in [0.3, 0.4) is 0 Å². The second-order valence-electron chi connectivity index (χ2n) is 11.3. The van der Waals surface area contributed by atoms with Gasteiger partial charge >= 0.3 is 5.97 Å². The molecular formula is C32H36BrN3O6. The van der Waals surface area contributed by atoms with Crippen LogP contribution in [-0.2, 0) is 29.2 Å². The third-order valence-electron chi connectivity index (χ3n) is 8.41. The summed E-state index contributed by atoms with van der Waals surface area (Å²) in [5.74, 6) is -0.915. The van der Waals surface area contributed by atoms with Gasteiger partial charge in [-0.3, -0.25) is 19.3 Å². The number of rotatable bonds is 10. The molecule has 3 aromatic rings. The molecule has 0 radical (unpaired) electrons. The number of aldehydes is 1. The Morgan fingerprint density at radius 2 is 1.95 bits per heavy atom. The number of hydrogen-bond acceptors (Lipinski definition) is 7. The van der Waals surface area contributed by atoms with Crippen LogP contribution in [0.4, 0.5) is 0 Å². The molecule has 2 aliphatic rings. The highest BCUT2D eigenvalue weighted by Crippen LogP contribution is 2.43. The molecule has 3 unspecified atom stereocenters. The molecule has 0 bridgehead atoms. The number of likely N-dealkylation sites (N-methyl/N-ethyl adjacent to an activating group) is 1. The van der Waals surface area contributed by atoms with Gasteiger partial charge in [0.05, 0.1) is 17.9 Å². The summed E-state index contributed by atoms with van der Waals surface area (Å²) in [5, 5.41) is 14.0. The van der Waals surface area contributed by atoms with E-state index in [2.05, 4.69) is 26.0 Å². The number of carboxylic acid groups (broad SMARTS) is 1. The molecule has 0 spiro atoms. The van der Waals surface area contributed by atoms with Crippen LogP contribution < -0.4 is 4.74 Å². The number of nitrogens with zero attached hydrogens (tertiary/aromatic N) is 3. The van der Waals surface area contributed by atoms with Crippen LogP contribution in [0.15, 0.2) is 51.5 Å². The Labute approximate surface area is 253 Å². The van der Waals surface area contributed by atoms with Gasteiger partial charge in [0.2, 0.25) is 5.91 Å². The van der Waals surface area contributed by atoms with Crippen LogP contribution >= 0.6 is 15.9 Å². The van der Waals surface area contributed by atoms with E-state index in [1.807, 2.05) is 55.3 Å². The molecule has 9 nitrogen and oxygen atoms in total. The summed E-state index contributed by atoms with van der Waals surface area (Å²) in [5.41, 5.74) is 4.16. The lowest BCUT2D eigenvalue weighted by Crippen LogP contribution is -2.49. The summed E-state index contributed by atoms with van der Waals surface area (Å²) in [4.78, 5) is 42.0. The SMILES string of the molecule is Cc1cc(COc2ccc(Br)c3c2C(CN(C)Cc2ccccc2C=O)N(C(=O)C2CCCCC2C(=O)O)CC3)no1. The second-order valence-corrected chi connectivity index (χ2v) is 12.2. The molecule has 5 rings (SSSR count). The van der Waals surface area contributed by atoms with Gasteiger partial charge in [-0.15, -0.1) is 0 Å². The lowest BCUT2D eigenvalue weighted by molar-refractivity contribution is -0.154. The zero-order valence-corrected chi connectivity index (χ0v) is 25.5. The third-order valence-corrected chi connectivity index (χ3v) is 9.16. The number of amides is 1. The lowest BCUT2D eigenvalue weighted by atomic mass is 9.77. The van der Waals surface area contributed by atoms with Crippen molar-refractivity contribution in [2.75, 3.05) is 20.1 Å². The minimum atomic E-state index is -0.903. The van der Waals surface area contributed by atoms with Gasteiger partial charge in [-0.2, -0.15) is 0 Å². The normalized spacial score (nSPS) is 20.3. The van der Waals surface area contributed by atoms with Crippen molar-refractivity contribution in [2.45, 2.75) is 58.2 Å². The Morgan fingerprint density at radius 3 is 2.67 bits per heavy atom. The number of aryl methyl sites for hydroxylation is 1. The molecule has 1 aliphatic carbocycles. The van der Waals surface area contributed by atoms with Crippen LogP contribution in [0.5, 0.6) is 5.75 Å². The van der Waals surface area contributed by atoms with Crippen molar-refractivity contribution in [3.63, 3.8) is 0 Å². The fourth-order valence-electron chi connectivity index (χ4n) is 6.38. The second kappa shape index (κ2) is 13.2. The van der Waals surface area contributed by atoms with Gasteiger partial charge < -0.3 is 19.3 Å². The van der Waals surface area contributed by atoms with Crippen molar-refractivity contribution < 1.29 is 28.8 Å². The van der Waals surface area contributed by atoms with Crippen molar-refractivity contribution in [3.8, 4) is 5.75 Å². The maximum Gasteiger partial charge on any atom is 0.307 e. The average molecular weight is 639 g/mol. The lowest BCUT2D eigenvalue weighted by Gasteiger charge is -2.43. The molecule has 1 fully saturated rings. The van der Waals surface area contributed by atoms with Crippen molar-refractivity contribution in [1.82, 2.24) is 15.0 Å². The van der Waals surface area contributed by atoms with Gasteiger partial charge in [-0.05, 0) is 56.5 Å². The van der Waals surface area contributed by atoms with Crippen molar-refractivity contribution in [1.29, 1.82) is 0 Å². The maximum absolute atomic E-state index is 14.2. The Morgan fingerprint density at radius 1 is 1.19 bits per heavy atom. The molecule has 42 heavy (non-hydrogen) atoms. The number of hydrogen-bond donors (Lipinski definition) is 1. The van der Waals surface area contributed by atoms with E-state index in [1.165, 1.54) is 0 Å². The van der Waals surface area contributed by atoms with Gasteiger partial charge in [0.15, 0.2) is 0 Å². The van der Waals surface area contributed by atoms with E-state index in [1.54, 1.807) is 6.07 Å². The first kappa shape index (κ1) is 30.0. The van der Waals surface area contributed by atoms with Gasteiger partial charge in [0.25, 0.3) is 0 Å². The fraction of sp³-hybridized carbons (Fsp3) is 0.438. The van der Waals surface area contributed by atoms with E-state index < -0.39 is 23.8 Å². The van der Waals surface area contributed by atoms with Crippen LogP contribution in [0.25, 0.3) is 0 Å². The fourth-order valence-corrected chi connectivity index (χ4v) is 6.92. The molecule has 2 heterocycles. The van der Waals surface area contributed by atoms with Gasteiger partial charge in [0, 0.05) is 41.3 Å². The Hall–Kier alpha value is -3.50. The Kier molecular flexibility index (Phi) is 9.43. The number of ether oxygens (including phenoxy) is 1. The van der Waals surface area contributed by atoms with Crippen molar-refractivity contribution in [2.24, 2.45) is 11.8 Å². The van der Waals surface area contributed by atoms with Crippen molar-refractivity contribution >= 4 is 34.1 Å². The van der Waals surface area contributed by atoms with Crippen molar-refractivity contribution in [3.05, 3.63) is 80.6 Å². The highest BCUT2D eigenvalue weighted by atomic mass is 79.9. The minimum absolute atomic E-state index is 0.113. The average Bonchev–Trinajstić information content (AvgIpc) is 3.41. The first-order chi connectivity index (χ1) is 20.3. The number of aliphatic carboxylic acids is 1. The van der Waals surface area contributed by atoms with E-state index in [4.69, 9.17) is 9.26 Å². The molecule has 1 N–H and O–H groups in total. The number of aromatic nitrogens is 1. The number of carboxylic acids is 1. The van der Waals surface area contributed by atoms with E-state index in [0.717, 1.165) is 40.3 Å². The summed E-state index contributed by atoms with van der Waals surface area (Å²) >= 11 is 3.73. The first-order valence-corrected chi connectivity index (χ1v) is 15.2. The summed E-state index contributed by atoms with van der Waals surface area (Å²) in [7, 11) is 1.97. The van der Waals surface area contributed by atoms with E-state index in [-0.39, 0.29) is 12.5 Å². The standard InChI is InChI=1S/C32H36BrN3O6/c1-20-15-23(34-42-20)19-41-29-12-11-27(33)26-13-14-36(31(38)24-9-5-6-10-25(24)32(39)40)28(30(26)29)17-35(2)16-21-7-3-4-8-22(21)18-37/h3-4,7-8,11-12,15,18,24-25,28H,5-6,9-10,13-14,16-17,19H2,1-2H3,(H,39,40). The number of halogens is 1. The van der Waals surface area contributed by atoms with Crippen LogP contribution in [0, 0.1) is 18.8 Å². The van der Waals surface area contributed by atoms with Crippen LogP contribution in [-0.4, -0.2) is 58.4 Å².